The highest BCUT2D eigenvalue weighted by atomic mass is 32.2. The first-order valence-corrected chi connectivity index (χ1v) is 10.6. The van der Waals surface area contributed by atoms with E-state index in [1.165, 1.54) is 0 Å². The maximum atomic E-state index is 12.7. The highest BCUT2D eigenvalue weighted by Gasteiger charge is 2.49. The topological polar surface area (TPSA) is 97.8 Å². The molecule has 0 aromatic heterocycles. The average molecular weight is 375 g/mol. The Hall–Kier alpha value is -1.45. The molecule has 1 heterocycles. The molecule has 0 saturated carbocycles. The Bertz CT molecular complexity index is 835. The standard InChI is InChI=1S/C15H21NO6S2/c1-15(2,3)16-14(17)9-13(24(16,20)21)12-7-5-11(6-8-12)10-22-23(4,18)19/h5-8,13H,9-10H2,1-4H3. The second kappa shape index (κ2) is 6.12. The van der Waals surface area contributed by atoms with Crippen molar-refractivity contribution in [2.75, 3.05) is 6.26 Å². The summed E-state index contributed by atoms with van der Waals surface area (Å²) < 4.78 is 53.0. The van der Waals surface area contributed by atoms with E-state index < -0.39 is 36.8 Å². The Balaban J connectivity index is 2.25. The van der Waals surface area contributed by atoms with Crippen molar-refractivity contribution in [2.24, 2.45) is 0 Å². The molecular formula is C15H21NO6S2. The summed E-state index contributed by atoms with van der Waals surface area (Å²) in [5.74, 6) is -0.419. The molecule has 0 radical (unpaired) electrons. The zero-order chi connectivity index (χ0) is 18.3. The van der Waals surface area contributed by atoms with Gasteiger partial charge in [-0.25, -0.2) is 12.7 Å². The van der Waals surface area contributed by atoms with Crippen molar-refractivity contribution in [1.82, 2.24) is 4.31 Å². The lowest BCUT2D eigenvalue weighted by atomic mass is 10.1. The van der Waals surface area contributed by atoms with Crippen LogP contribution in [0.1, 0.15) is 43.6 Å². The quantitative estimate of drug-likeness (QED) is 0.741. The van der Waals surface area contributed by atoms with Gasteiger partial charge >= 0.3 is 0 Å². The molecule has 1 fully saturated rings. The van der Waals surface area contributed by atoms with E-state index in [0.717, 1.165) is 10.6 Å². The molecule has 24 heavy (non-hydrogen) atoms. The monoisotopic (exact) mass is 375 g/mol. The molecule has 1 unspecified atom stereocenters. The molecule has 0 N–H and O–H groups in total. The van der Waals surface area contributed by atoms with E-state index in [4.69, 9.17) is 4.18 Å². The minimum Gasteiger partial charge on any atom is -0.274 e. The third kappa shape index (κ3) is 3.96. The Kier molecular flexibility index (Phi) is 4.82. The summed E-state index contributed by atoms with van der Waals surface area (Å²) in [6.07, 6.45) is 0.859. The molecule has 0 bridgehead atoms. The predicted octanol–water partition coefficient (Wildman–Crippen LogP) is 1.56. The summed E-state index contributed by atoms with van der Waals surface area (Å²) in [5, 5.41) is -0.922. The van der Waals surface area contributed by atoms with Gasteiger partial charge in [0, 0.05) is 0 Å². The molecule has 2 rings (SSSR count). The van der Waals surface area contributed by atoms with Gasteiger partial charge < -0.3 is 0 Å². The van der Waals surface area contributed by atoms with Crippen molar-refractivity contribution < 1.29 is 25.8 Å². The van der Waals surface area contributed by atoms with Gasteiger partial charge in [-0.2, -0.15) is 8.42 Å². The number of amides is 1. The number of sulfonamides is 1. The fourth-order valence-electron chi connectivity index (χ4n) is 2.67. The molecule has 1 amide bonds. The lowest BCUT2D eigenvalue weighted by Crippen LogP contribution is -2.45. The van der Waals surface area contributed by atoms with Crippen LogP contribution in [-0.4, -0.2) is 38.8 Å². The smallest absolute Gasteiger partial charge is 0.264 e. The van der Waals surface area contributed by atoms with Crippen molar-refractivity contribution >= 4 is 26.0 Å². The molecule has 1 aromatic carbocycles. The van der Waals surface area contributed by atoms with Gasteiger partial charge in [0.25, 0.3) is 10.1 Å². The molecule has 9 heteroatoms. The Morgan fingerprint density at radius 1 is 1.21 bits per heavy atom. The number of hydrogen-bond donors (Lipinski definition) is 0. The molecule has 1 saturated heterocycles. The Labute approximate surface area is 142 Å². The zero-order valence-corrected chi connectivity index (χ0v) is 15.6. The van der Waals surface area contributed by atoms with Crippen LogP contribution in [0.5, 0.6) is 0 Å². The highest BCUT2D eigenvalue weighted by Crippen LogP contribution is 2.40. The van der Waals surface area contributed by atoms with Crippen molar-refractivity contribution in [1.29, 1.82) is 0 Å². The van der Waals surface area contributed by atoms with Crippen LogP contribution < -0.4 is 0 Å². The van der Waals surface area contributed by atoms with Gasteiger partial charge in [0.05, 0.1) is 24.8 Å². The van der Waals surface area contributed by atoms with Crippen LogP contribution in [0.25, 0.3) is 0 Å². The second-order valence-corrected chi connectivity index (χ2v) is 10.4. The van der Waals surface area contributed by atoms with Crippen LogP contribution in [0.4, 0.5) is 0 Å². The van der Waals surface area contributed by atoms with Gasteiger partial charge in [0.2, 0.25) is 15.9 Å². The van der Waals surface area contributed by atoms with Crippen LogP contribution in [0, 0.1) is 0 Å². The van der Waals surface area contributed by atoms with Crippen LogP contribution >= 0.6 is 0 Å². The fourth-order valence-corrected chi connectivity index (χ4v) is 5.25. The van der Waals surface area contributed by atoms with Crippen molar-refractivity contribution in [2.45, 2.75) is 44.6 Å². The van der Waals surface area contributed by atoms with Crippen molar-refractivity contribution in [3.05, 3.63) is 35.4 Å². The van der Waals surface area contributed by atoms with E-state index in [0.29, 0.717) is 11.1 Å². The van der Waals surface area contributed by atoms with Crippen LogP contribution in [0.3, 0.4) is 0 Å². The second-order valence-electron chi connectivity index (χ2n) is 6.77. The molecule has 1 atom stereocenters. The first-order chi connectivity index (χ1) is 10.8. The summed E-state index contributed by atoms with van der Waals surface area (Å²) in [7, 11) is -7.32. The van der Waals surface area contributed by atoms with E-state index in [9.17, 15) is 21.6 Å². The maximum absolute atomic E-state index is 12.7. The van der Waals surface area contributed by atoms with Crippen molar-refractivity contribution in [3.8, 4) is 0 Å². The summed E-state index contributed by atoms with van der Waals surface area (Å²) in [5.41, 5.74) is 0.283. The number of carbonyl (C=O) groups excluding carboxylic acids is 1. The molecule has 134 valence electrons. The third-order valence-corrected chi connectivity index (χ3v) is 6.57. The first-order valence-electron chi connectivity index (χ1n) is 7.33. The van der Waals surface area contributed by atoms with Gasteiger partial charge in [-0.15, -0.1) is 0 Å². The minimum atomic E-state index is -3.78. The minimum absolute atomic E-state index is 0.0984. The fraction of sp³-hybridized carbons (Fsp3) is 0.533. The summed E-state index contributed by atoms with van der Waals surface area (Å²) >= 11 is 0. The van der Waals surface area contributed by atoms with E-state index in [1.807, 2.05) is 0 Å². The Morgan fingerprint density at radius 2 is 1.75 bits per heavy atom. The predicted molar refractivity (Wildman–Crippen MR) is 89.0 cm³/mol. The van der Waals surface area contributed by atoms with Crippen LogP contribution in [-0.2, 0) is 35.7 Å². The molecule has 0 aliphatic carbocycles. The van der Waals surface area contributed by atoms with Crippen LogP contribution in [0.2, 0.25) is 0 Å². The SMILES string of the molecule is CC(C)(C)N1C(=O)CC(c2ccc(COS(C)(=O)=O)cc2)S1(=O)=O. The van der Waals surface area contributed by atoms with Gasteiger partial charge in [0.1, 0.15) is 5.25 Å². The molecule has 7 nitrogen and oxygen atoms in total. The molecule has 1 aliphatic heterocycles. The molecule has 1 aromatic rings. The summed E-state index contributed by atoms with van der Waals surface area (Å²) in [4.78, 5) is 12.2. The Morgan fingerprint density at radius 3 is 2.17 bits per heavy atom. The zero-order valence-electron chi connectivity index (χ0n) is 14.0. The average Bonchev–Trinajstić information content (AvgIpc) is 2.65. The molecular weight excluding hydrogens is 354 g/mol. The number of nitrogens with zero attached hydrogens (tertiary/aromatic N) is 1. The lowest BCUT2D eigenvalue weighted by Gasteiger charge is -2.30. The highest BCUT2D eigenvalue weighted by molar-refractivity contribution is 7.90. The van der Waals surface area contributed by atoms with Gasteiger partial charge in [-0.05, 0) is 31.9 Å². The normalized spacial score (nSPS) is 21.2. The number of hydrogen-bond acceptors (Lipinski definition) is 6. The van der Waals surface area contributed by atoms with Gasteiger partial charge in [-0.1, -0.05) is 24.3 Å². The number of carbonyl (C=O) groups is 1. The first kappa shape index (κ1) is 18.9. The van der Waals surface area contributed by atoms with E-state index >= 15 is 0 Å². The van der Waals surface area contributed by atoms with E-state index in [1.54, 1.807) is 45.0 Å². The third-order valence-electron chi connectivity index (χ3n) is 3.60. The number of rotatable bonds is 4. The van der Waals surface area contributed by atoms with Crippen molar-refractivity contribution in [3.63, 3.8) is 0 Å². The van der Waals surface area contributed by atoms with Crippen LogP contribution in [0.15, 0.2) is 24.3 Å². The largest absolute Gasteiger partial charge is 0.274 e. The molecule has 0 spiro atoms. The maximum Gasteiger partial charge on any atom is 0.264 e. The number of benzene rings is 1. The van der Waals surface area contributed by atoms with E-state index in [-0.39, 0.29) is 13.0 Å². The lowest BCUT2D eigenvalue weighted by molar-refractivity contribution is -0.128. The van der Waals surface area contributed by atoms with E-state index in [2.05, 4.69) is 0 Å². The summed E-state index contributed by atoms with van der Waals surface area (Å²) in [6.45, 7) is 4.91. The van der Waals surface area contributed by atoms with Gasteiger partial charge in [-0.3, -0.25) is 8.98 Å². The summed E-state index contributed by atoms with van der Waals surface area (Å²) in [6, 6.07) is 6.37. The van der Waals surface area contributed by atoms with Gasteiger partial charge in [0.15, 0.2) is 0 Å². The molecule has 1 aliphatic rings.